The lowest BCUT2D eigenvalue weighted by molar-refractivity contribution is -0.143. The summed E-state index contributed by atoms with van der Waals surface area (Å²) in [5, 5.41) is 0. The standard InChI is InChI=1S/C21H41BrO2/c1-5-6-7-8-9-10-11-12-15-18-24-20(23)17-14-13-16-19(22)21(2,3)4/h19H,5-18H2,1-4H3. The van der Waals surface area contributed by atoms with E-state index in [2.05, 4.69) is 43.6 Å². The molecule has 0 aromatic heterocycles. The van der Waals surface area contributed by atoms with E-state index in [-0.39, 0.29) is 11.4 Å². The topological polar surface area (TPSA) is 26.3 Å². The zero-order valence-corrected chi connectivity index (χ0v) is 18.3. The van der Waals surface area contributed by atoms with Gasteiger partial charge in [0.2, 0.25) is 0 Å². The molecule has 0 spiro atoms. The van der Waals surface area contributed by atoms with Crippen molar-refractivity contribution >= 4 is 21.9 Å². The molecule has 0 aromatic rings. The third-order valence-corrected chi connectivity index (χ3v) is 6.37. The molecule has 0 saturated carbocycles. The second kappa shape index (κ2) is 15.2. The lowest BCUT2D eigenvalue weighted by Crippen LogP contribution is -2.20. The fraction of sp³-hybridized carbons (Fsp3) is 0.952. The zero-order valence-electron chi connectivity index (χ0n) is 16.7. The van der Waals surface area contributed by atoms with Gasteiger partial charge in [0.1, 0.15) is 0 Å². The van der Waals surface area contributed by atoms with Crippen molar-refractivity contribution in [1.29, 1.82) is 0 Å². The normalized spacial score (nSPS) is 13.0. The minimum atomic E-state index is -0.0172. The third-order valence-electron chi connectivity index (χ3n) is 4.54. The number of carbonyl (C=O) groups is 1. The first kappa shape index (κ1) is 23.9. The van der Waals surface area contributed by atoms with Crippen molar-refractivity contribution in [3.05, 3.63) is 0 Å². The van der Waals surface area contributed by atoms with E-state index in [9.17, 15) is 4.79 Å². The number of ether oxygens (including phenoxy) is 1. The Bertz CT molecular complexity index is 297. The molecule has 0 radical (unpaired) electrons. The summed E-state index contributed by atoms with van der Waals surface area (Å²) < 4.78 is 5.33. The number of unbranched alkanes of at least 4 members (excludes halogenated alkanes) is 9. The summed E-state index contributed by atoms with van der Waals surface area (Å²) in [7, 11) is 0. The largest absolute Gasteiger partial charge is 0.466 e. The van der Waals surface area contributed by atoms with Gasteiger partial charge in [-0.15, -0.1) is 0 Å². The highest BCUT2D eigenvalue weighted by Gasteiger charge is 2.20. The van der Waals surface area contributed by atoms with Gasteiger partial charge in [0, 0.05) is 11.2 Å². The van der Waals surface area contributed by atoms with Gasteiger partial charge in [0.05, 0.1) is 6.61 Å². The van der Waals surface area contributed by atoms with Crippen molar-refractivity contribution in [2.24, 2.45) is 5.41 Å². The minimum Gasteiger partial charge on any atom is -0.466 e. The van der Waals surface area contributed by atoms with Gasteiger partial charge >= 0.3 is 5.97 Å². The van der Waals surface area contributed by atoms with Crippen molar-refractivity contribution in [2.75, 3.05) is 6.61 Å². The Balaban J connectivity index is 3.33. The Morgan fingerprint density at radius 2 is 1.42 bits per heavy atom. The van der Waals surface area contributed by atoms with Crippen LogP contribution in [0.1, 0.15) is 111 Å². The summed E-state index contributed by atoms with van der Waals surface area (Å²) in [6.07, 6.45) is 15.4. The summed E-state index contributed by atoms with van der Waals surface area (Å²) in [4.78, 5) is 12.2. The molecule has 1 atom stereocenters. The van der Waals surface area contributed by atoms with Gasteiger partial charge in [0.15, 0.2) is 0 Å². The Labute approximate surface area is 159 Å². The highest BCUT2D eigenvalue weighted by molar-refractivity contribution is 9.09. The average molecular weight is 405 g/mol. The summed E-state index contributed by atoms with van der Waals surface area (Å²) in [5.41, 5.74) is 0.288. The van der Waals surface area contributed by atoms with E-state index in [0.717, 1.165) is 25.7 Å². The maximum Gasteiger partial charge on any atom is 0.305 e. The van der Waals surface area contributed by atoms with Crippen LogP contribution in [0.5, 0.6) is 0 Å². The molecule has 0 rings (SSSR count). The average Bonchev–Trinajstić information content (AvgIpc) is 2.52. The molecule has 0 fully saturated rings. The van der Waals surface area contributed by atoms with Gasteiger partial charge in [0.25, 0.3) is 0 Å². The molecule has 0 heterocycles. The molecule has 0 aromatic carbocycles. The molecule has 0 amide bonds. The van der Waals surface area contributed by atoms with Crippen LogP contribution in [0, 0.1) is 5.41 Å². The molecule has 0 N–H and O–H groups in total. The van der Waals surface area contributed by atoms with Crippen molar-refractivity contribution in [3.8, 4) is 0 Å². The highest BCUT2D eigenvalue weighted by atomic mass is 79.9. The molecular weight excluding hydrogens is 364 g/mol. The molecule has 0 aliphatic heterocycles. The van der Waals surface area contributed by atoms with Crippen LogP contribution < -0.4 is 0 Å². The molecule has 3 heteroatoms. The summed E-state index contributed by atoms with van der Waals surface area (Å²) in [5.74, 6) is -0.0172. The number of carbonyl (C=O) groups excluding carboxylic acids is 1. The second-order valence-corrected chi connectivity index (χ2v) is 9.23. The highest BCUT2D eigenvalue weighted by Crippen LogP contribution is 2.30. The second-order valence-electron chi connectivity index (χ2n) is 8.13. The predicted molar refractivity (Wildman–Crippen MR) is 109 cm³/mol. The molecule has 24 heavy (non-hydrogen) atoms. The van der Waals surface area contributed by atoms with Gasteiger partial charge in [-0.05, 0) is 24.7 Å². The minimum absolute atomic E-state index is 0.0172. The van der Waals surface area contributed by atoms with Crippen molar-refractivity contribution in [2.45, 2.75) is 116 Å². The van der Waals surface area contributed by atoms with Gasteiger partial charge in [-0.3, -0.25) is 4.79 Å². The van der Waals surface area contributed by atoms with Crippen molar-refractivity contribution < 1.29 is 9.53 Å². The Kier molecular flexibility index (Phi) is 15.2. The van der Waals surface area contributed by atoms with E-state index in [4.69, 9.17) is 4.74 Å². The van der Waals surface area contributed by atoms with Gasteiger partial charge in [-0.25, -0.2) is 0 Å². The first-order chi connectivity index (χ1) is 11.4. The number of rotatable bonds is 15. The van der Waals surface area contributed by atoms with Crippen LogP contribution in [0.2, 0.25) is 0 Å². The number of alkyl halides is 1. The molecule has 0 aliphatic rings. The SMILES string of the molecule is CCCCCCCCCCCOC(=O)CCCCC(Br)C(C)(C)C. The molecule has 1 unspecified atom stereocenters. The molecule has 144 valence electrons. The Hall–Kier alpha value is -0.0500. The van der Waals surface area contributed by atoms with E-state index < -0.39 is 0 Å². The summed E-state index contributed by atoms with van der Waals surface area (Å²) in [6.45, 7) is 9.59. The quantitative estimate of drug-likeness (QED) is 0.161. The van der Waals surface area contributed by atoms with Crippen molar-refractivity contribution in [3.63, 3.8) is 0 Å². The summed E-state index contributed by atoms with van der Waals surface area (Å²) >= 11 is 3.74. The smallest absolute Gasteiger partial charge is 0.305 e. The molecule has 0 bridgehead atoms. The van der Waals surface area contributed by atoms with E-state index in [1.165, 1.54) is 51.4 Å². The van der Waals surface area contributed by atoms with Crippen LogP contribution in [0.15, 0.2) is 0 Å². The first-order valence-electron chi connectivity index (χ1n) is 10.2. The van der Waals surface area contributed by atoms with E-state index in [1.54, 1.807) is 0 Å². The molecule has 0 aliphatic carbocycles. The number of hydrogen-bond acceptors (Lipinski definition) is 2. The van der Waals surface area contributed by atoms with Gasteiger partial charge in [-0.1, -0.05) is 101 Å². The lowest BCUT2D eigenvalue weighted by Gasteiger charge is -2.25. The van der Waals surface area contributed by atoms with E-state index in [0.29, 0.717) is 17.9 Å². The maximum atomic E-state index is 11.7. The number of esters is 1. The van der Waals surface area contributed by atoms with Crippen LogP contribution in [0.25, 0.3) is 0 Å². The van der Waals surface area contributed by atoms with Crippen LogP contribution in [0.4, 0.5) is 0 Å². The van der Waals surface area contributed by atoms with Crippen molar-refractivity contribution in [1.82, 2.24) is 0 Å². The summed E-state index contributed by atoms with van der Waals surface area (Å²) in [6, 6.07) is 0. The van der Waals surface area contributed by atoms with Crippen LogP contribution >= 0.6 is 15.9 Å². The van der Waals surface area contributed by atoms with Crippen LogP contribution in [-0.2, 0) is 9.53 Å². The first-order valence-corrected chi connectivity index (χ1v) is 11.1. The molecule has 0 saturated heterocycles. The van der Waals surface area contributed by atoms with Gasteiger partial charge in [-0.2, -0.15) is 0 Å². The zero-order chi connectivity index (χ0) is 18.3. The van der Waals surface area contributed by atoms with Crippen LogP contribution in [-0.4, -0.2) is 17.4 Å². The molecule has 2 nitrogen and oxygen atoms in total. The fourth-order valence-electron chi connectivity index (χ4n) is 2.70. The third kappa shape index (κ3) is 15.5. The predicted octanol–water partition coefficient (Wildman–Crippen LogP) is 7.43. The monoisotopic (exact) mass is 404 g/mol. The van der Waals surface area contributed by atoms with E-state index >= 15 is 0 Å². The fourth-order valence-corrected chi connectivity index (χ4v) is 3.02. The lowest BCUT2D eigenvalue weighted by atomic mass is 9.89. The number of halogens is 1. The molecular formula is C21H41BrO2. The van der Waals surface area contributed by atoms with Gasteiger partial charge < -0.3 is 4.74 Å². The number of hydrogen-bond donors (Lipinski definition) is 0. The Morgan fingerprint density at radius 1 is 0.875 bits per heavy atom. The Morgan fingerprint density at radius 3 is 1.96 bits per heavy atom. The van der Waals surface area contributed by atoms with Crippen LogP contribution in [0.3, 0.4) is 0 Å². The van der Waals surface area contributed by atoms with E-state index in [1.807, 2.05) is 0 Å². The maximum absolute atomic E-state index is 11.7.